The number of aromatic nitrogens is 1. The summed E-state index contributed by atoms with van der Waals surface area (Å²) in [6.07, 6.45) is 1.57. The largest absolute Gasteiger partial charge is 0.364 e. The number of nitrogens with one attached hydrogen (secondary N) is 2. The highest BCUT2D eigenvalue weighted by Gasteiger charge is 2.18. The van der Waals surface area contributed by atoms with Crippen molar-refractivity contribution in [3.8, 4) is 0 Å². The SMILES string of the molecule is CCNC(=NCc1ccon1)NCC(c1ccccc1)N(CC)CC. The predicted molar refractivity (Wildman–Crippen MR) is 101 cm³/mol. The van der Waals surface area contributed by atoms with Crippen molar-refractivity contribution in [2.45, 2.75) is 33.4 Å². The van der Waals surface area contributed by atoms with Crippen LogP contribution in [0.1, 0.15) is 38.1 Å². The zero-order valence-electron chi connectivity index (χ0n) is 15.4. The second kappa shape index (κ2) is 10.5. The lowest BCUT2D eigenvalue weighted by Gasteiger charge is -2.30. The third-order valence-corrected chi connectivity index (χ3v) is 4.13. The van der Waals surface area contributed by atoms with Gasteiger partial charge in [0.1, 0.15) is 12.0 Å². The van der Waals surface area contributed by atoms with E-state index in [2.05, 4.69) is 76.8 Å². The van der Waals surface area contributed by atoms with Crippen molar-refractivity contribution in [3.63, 3.8) is 0 Å². The van der Waals surface area contributed by atoms with Gasteiger partial charge < -0.3 is 15.2 Å². The van der Waals surface area contributed by atoms with E-state index < -0.39 is 0 Å². The average molecular weight is 343 g/mol. The van der Waals surface area contributed by atoms with Gasteiger partial charge in [0.15, 0.2) is 5.96 Å². The van der Waals surface area contributed by atoms with Crippen LogP contribution in [0, 0.1) is 0 Å². The maximum Gasteiger partial charge on any atom is 0.191 e. The minimum Gasteiger partial charge on any atom is -0.364 e. The van der Waals surface area contributed by atoms with E-state index in [1.807, 2.05) is 6.07 Å². The maximum absolute atomic E-state index is 4.86. The lowest BCUT2D eigenvalue weighted by Crippen LogP contribution is -2.43. The minimum atomic E-state index is 0.298. The summed E-state index contributed by atoms with van der Waals surface area (Å²) in [7, 11) is 0. The summed E-state index contributed by atoms with van der Waals surface area (Å²) >= 11 is 0. The number of guanidine groups is 1. The van der Waals surface area contributed by atoms with Gasteiger partial charge in [0.25, 0.3) is 0 Å². The fourth-order valence-corrected chi connectivity index (χ4v) is 2.81. The minimum absolute atomic E-state index is 0.298. The van der Waals surface area contributed by atoms with Crippen LogP contribution in [0.2, 0.25) is 0 Å². The number of hydrogen-bond acceptors (Lipinski definition) is 4. The third kappa shape index (κ3) is 5.90. The Hall–Kier alpha value is -2.34. The highest BCUT2D eigenvalue weighted by molar-refractivity contribution is 5.79. The van der Waals surface area contributed by atoms with Gasteiger partial charge in [0.05, 0.1) is 12.6 Å². The van der Waals surface area contributed by atoms with Crippen LogP contribution in [0.5, 0.6) is 0 Å². The summed E-state index contributed by atoms with van der Waals surface area (Å²) in [6, 6.07) is 12.7. The van der Waals surface area contributed by atoms with Crippen LogP contribution in [0.4, 0.5) is 0 Å². The highest BCUT2D eigenvalue weighted by Crippen LogP contribution is 2.19. The molecular weight excluding hydrogens is 314 g/mol. The van der Waals surface area contributed by atoms with Gasteiger partial charge in [-0.1, -0.05) is 49.3 Å². The molecule has 0 saturated heterocycles. The number of likely N-dealkylation sites (N-methyl/N-ethyl adjacent to an activating group) is 1. The summed E-state index contributed by atoms with van der Waals surface area (Å²) in [4.78, 5) is 7.03. The van der Waals surface area contributed by atoms with Crippen LogP contribution in [0.3, 0.4) is 0 Å². The Morgan fingerprint density at radius 1 is 1.12 bits per heavy atom. The van der Waals surface area contributed by atoms with Crippen LogP contribution in [-0.4, -0.2) is 42.2 Å². The molecule has 2 N–H and O–H groups in total. The summed E-state index contributed by atoms with van der Waals surface area (Å²) < 4.78 is 4.86. The molecule has 0 bridgehead atoms. The lowest BCUT2D eigenvalue weighted by molar-refractivity contribution is 0.219. The second-order valence-electron chi connectivity index (χ2n) is 5.71. The van der Waals surface area contributed by atoms with Gasteiger partial charge in [-0.25, -0.2) is 4.99 Å². The molecule has 2 aromatic rings. The van der Waals surface area contributed by atoms with Gasteiger partial charge in [-0.3, -0.25) is 4.90 Å². The van der Waals surface area contributed by atoms with E-state index in [1.54, 1.807) is 6.26 Å². The van der Waals surface area contributed by atoms with Crippen molar-refractivity contribution in [3.05, 3.63) is 53.9 Å². The van der Waals surface area contributed by atoms with Gasteiger partial charge in [-0.05, 0) is 25.6 Å². The molecule has 6 heteroatoms. The molecule has 0 amide bonds. The van der Waals surface area contributed by atoms with E-state index in [9.17, 15) is 0 Å². The smallest absolute Gasteiger partial charge is 0.191 e. The molecule has 136 valence electrons. The molecule has 0 aliphatic rings. The first-order valence-corrected chi connectivity index (χ1v) is 8.98. The predicted octanol–water partition coefficient (Wildman–Crippen LogP) is 2.81. The zero-order valence-corrected chi connectivity index (χ0v) is 15.4. The number of rotatable bonds is 9. The number of aliphatic imine (C=N–C) groups is 1. The van der Waals surface area contributed by atoms with Crippen LogP contribution in [0.15, 0.2) is 52.2 Å². The van der Waals surface area contributed by atoms with Crippen molar-refractivity contribution in [1.82, 2.24) is 20.7 Å². The molecule has 0 fully saturated rings. The molecule has 1 aromatic carbocycles. The number of benzene rings is 1. The van der Waals surface area contributed by atoms with Crippen molar-refractivity contribution >= 4 is 5.96 Å². The van der Waals surface area contributed by atoms with Gasteiger partial charge in [0, 0.05) is 19.2 Å². The number of nitrogens with zero attached hydrogens (tertiary/aromatic N) is 3. The van der Waals surface area contributed by atoms with E-state index >= 15 is 0 Å². The number of hydrogen-bond donors (Lipinski definition) is 2. The van der Waals surface area contributed by atoms with E-state index in [-0.39, 0.29) is 0 Å². The topological polar surface area (TPSA) is 65.7 Å². The fraction of sp³-hybridized carbons (Fsp3) is 0.474. The van der Waals surface area contributed by atoms with Crippen molar-refractivity contribution in [2.24, 2.45) is 4.99 Å². The van der Waals surface area contributed by atoms with Crippen molar-refractivity contribution in [1.29, 1.82) is 0 Å². The summed E-state index contributed by atoms with van der Waals surface area (Å²) in [5.41, 5.74) is 2.13. The Balaban J connectivity index is 2.06. The molecule has 1 unspecified atom stereocenters. The highest BCUT2D eigenvalue weighted by atomic mass is 16.5. The third-order valence-electron chi connectivity index (χ3n) is 4.13. The first kappa shape index (κ1) is 19.0. The Labute approximate surface area is 150 Å². The average Bonchev–Trinajstić information content (AvgIpc) is 3.17. The van der Waals surface area contributed by atoms with E-state index in [0.29, 0.717) is 12.6 Å². The van der Waals surface area contributed by atoms with Crippen molar-refractivity contribution < 1.29 is 4.52 Å². The standard InChI is InChI=1S/C19H29N5O/c1-4-20-19(21-14-17-12-13-25-23-17)22-15-18(24(5-2)6-3)16-10-8-7-9-11-16/h7-13,18H,4-6,14-15H2,1-3H3,(H2,20,21,22). The molecule has 0 radical (unpaired) electrons. The molecule has 0 saturated carbocycles. The normalized spacial score (nSPS) is 13.0. The first-order chi connectivity index (χ1) is 12.3. The zero-order chi connectivity index (χ0) is 17.9. The van der Waals surface area contributed by atoms with Gasteiger partial charge in [-0.15, -0.1) is 0 Å². The summed E-state index contributed by atoms with van der Waals surface area (Å²) in [5.74, 6) is 0.790. The van der Waals surface area contributed by atoms with E-state index in [0.717, 1.165) is 37.8 Å². The molecule has 1 atom stereocenters. The van der Waals surface area contributed by atoms with Crippen molar-refractivity contribution in [2.75, 3.05) is 26.2 Å². The summed E-state index contributed by atoms with van der Waals surface area (Å²) in [5, 5.41) is 10.7. The molecule has 25 heavy (non-hydrogen) atoms. The van der Waals surface area contributed by atoms with Crippen LogP contribution < -0.4 is 10.6 Å². The molecule has 1 aromatic heterocycles. The van der Waals surface area contributed by atoms with Crippen LogP contribution >= 0.6 is 0 Å². The van der Waals surface area contributed by atoms with E-state index in [1.165, 1.54) is 5.56 Å². The van der Waals surface area contributed by atoms with Crippen LogP contribution in [0.25, 0.3) is 0 Å². The Bertz CT molecular complexity index is 608. The van der Waals surface area contributed by atoms with Crippen LogP contribution in [-0.2, 0) is 6.54 Å². The Kier molecular flexibility index (Phi) is 7.98. The Morgan fingerprint density at radius 3 is 2.48 bits per heavy atom. The van der Waals surface area contributed by atoms with Gasteiger partial charge >= 0.3 is 0 Å². The first-order valence-electron chi connectivity index (χ1n) is 8.98. The molecular formula is C19H29N5O. The maximum atomic E-state index is 4.86. The quantitative estimate of drug-likeness (QED) is 0.541. The lowest BCUT2D eigenvalue weighted by atomic mass is 10.1. The molecule has 0 spiro atoms. The molecule has 0 aliphatic carbocycles. The fourth-order valence-electron chi connectivity index (χ4n) is 2.81. The van der Waals surface area contributed by atoms with Gasteiger partial charge in [-0.2, -0.15) is 0 Å². The molecule has 6 nitrogen and oxygen atoms in total. The van der Waals surface area contributed by atoms with Gasteiger partial charge in [0.2, 0.25) is 0 Å². The monoisotopic (exact) mass is 343 g/mol. The summed E-state index contributed by atoms with van der Waals surface area (Å²) in [6.45, 7) is 10.6. The molecule has 0 aliphatic heterocycles. The Morgan fingerprint density at radius 2 is 1.88 bits per heavy atom. The van der Waals surface area contributed by atoms with E-state index in [4.69, 9.17) is 4.52 Å². The molecule has 1 heterocycles. The second-order valence-corrected chi connectivity index (χ2v) is 5.71. The molecule has 2 rings (SSSR count).